The molecule has 1 aromatic heterocycles. The van der Waals surface area contributed by atoms with Crippen molar-refractivity contribution in [1.29, 1.82) is 0 Å². The van der Waals surface area contributed by atoms with Crippen LogP contribution >= 0.6 is 11.6 Å². The summed E-state index contributed by atoms with van der Waals surface area (Å²) >= 11 is 5.92. The van der Waals surface area contributed by atoms with Crippen LogP contribution in [-0.2, 0) is 6.42 Å². The van der Waals surface area contributed by atoms with E-state index in [-0.39, 0.29) is 5.82 Å². The largest absolute Gasteiger partial charge is 0.306 e. The molecular formula is C16H21ClFN3. The van der Waals surface area contributed by atoms with Crippen LogP contribution in [0.1, 0.15) is 38.9 Å². The van der Waals surface area contributed by atoms with E-state index in [0.717, 1.165) is 24.2 Å². The summed E-state index contributed by atoms with van der Waals surface area (Å²) in [5.41, 5.74) is 1.29. The number of benzene rings is 1. The predicted octanol–water partition coefficient (Wildman–Crippen LogP) is 3.86. The van der Waals surface area contributed by atoms with Gasteiger partial charge in [-0.05, 0) is 45.2 Å². The lowest BCUT2D eigenvalue weighted by molar-refractivity contribution is 0.336. The maximum Gasteiger partial charge on any atom is 0.151 e. The first-order valence-corrected chi connectivity index (χ1v) is 8.17. The zero-order valence-electron chi connectivity index (χ0n) is 12.5. The van der Waals surface area contributed by atoms with Crippen molar-refractivity contribution in [1.82, 2.24) is 9.66 Å². The van der Waals surface area contributed by atoms with Gasteiger partial charge in [-0.3, -0.25) is 0 Å². The van der Waals surface area contributed by atoms with E-state index < -0.39 is 0 Å². The van der Waals surface area contributed by atoms with Crippen molar-refractivity contribution in [2.24, 2.45) is 0 Å². The molecule has 0 radical (unpaired) electrons. The van der Waals surface area contributed by atoms with Gasteiger partial charge in [0.05, 0.1) is 5.52 Å². The van der Waals surface area contributed by atoms with Crippen molar-refractivity contribution >= 4 is 22.6 Å². The molecule has 0 aliphatic carbocycles. The highest BCUT2D eigenvalue weighted by atomic mass is 35.5. The van der Waals surface area contributed by atoms with E-state index in [1.54, 1.807) is 6.07 Å². The standard InChI is InChI=1S/C16H21ClFN3/c1-11-5-3-6-12(2)20(11)21-14-8-4-7-13(18)16(14)19-15(21)9-10-17/h4,7-8,11-12H,3,5-6,9-10H2,1-2H3. The molecule has 5 heteroatoms. The summed E-state index contributed by atoms with van der Waals surface area (Å²) in [6.45, 7) is 4.45. The minimum atomic E-state index is -0.264. The summed E-state index contributed by atoms with van der Waals surface area (Å²) in [6, 6.07) is 6.00. The minimum Gasteiger partial charge on any atom is -0.306 e. The lowest BCUT2D eigenvalue weighted by Gasteiger charge is -2.42. The average molecular weight is 310 g/mol. The van der Waals surface area contributed by atoms with Crippen molar-refractivity contribution in [2.75, 3.05) is 10.9 Å². The highest BCUT2D eigenvalue weighted by molar-refractivity contribution is 6.17. The van der Waals surface area contributed by atoms with E-state index in [2.05, 4.69) is 28.5 Å². The van der Waals surface area contributed by atoms with Gasteiger partial charge in [0, 0.05) is 24.4 Å². The number of aryl methyl sites for hydroxylation is 1. The van der Waals surface area contributed by atoms with E-state index in [0.29, 0.717) is 29.9 Å². The highest BCUT2D eigenvalue weighted by Gasteiger charge is 2.28. The van der Waals surface area contributed by atoms with Gasteiger partial charge in [0.2, 0.25) is 0 Å². The number of hydrogen-bond donors (Lipinski definition) is 0. The third-order valence-corrected chi connectivity index (χ3v) is 4.56. The second-order valence-electron chi connectivity index (χ2n) is 5.90. The second-order valence-corrected chi connectivity index (χ2v) is 6.27. The van der Waals surface area contributed by atoms with E-state index in [1.807, 2.05) is 6.07 Å². The molecule has 1 aliphatic rings. The predicted molar refractivity (Wildman–Crippen MR) is 85.1 cm³/mol. The van der Waals surface area contributed by atoms with Crippen molar-refractivity contribution < 1.29 is 4.39 Å². The number of imidazole rings is 1. The molecule has 0 amide bonds. The van der Waals surface area contributed by atoms with Gasteiger partial charge >= 0.3 is 0 Å². The summed E-state index contributed by atoms with van der Waals surface area (Å²) in [4.78, 5) is 4.51. The third-order valence-electron chi connectivity index (χ3n) is 4.38. The number of aromatic nitrogens is 2. The van der Waals surface area contributed by atoms with Crippen LogP contribution < -0.4 is 5.01 Å². The Bertz CT molecular complexity index is 630. The number of piperidine rings is 1. The maximum absolute atomic E-state index is 14.1. The summed E-state index contributed by atoms with van der Waals surface area (Å²) in [6.07, 6.45) is 4.19. The number of fused-ring (bicyclic) bond motifs is 1. The molecular weight excluding hydrogens is 289 g/mol. The SMILES string of the molecule is CC1CCCC(C)N1n1c(CCCl)nc2c(F)cccc21. The molecule has 2 heterocycles. The van der Waals surface area contributed by atoms with Gasteiger partial charge in [-0.2, -0.15) is 0 Å². The van der Waals surface area contributed by atoms with Gasteiger partial charge in [-0.1, -0.05) is 6.07 Å². The van der Waals surface area contributed by atoms with Gasteiger partial charge in [0.1, 0.15) is 11.3 Å². The molecule has 1 fully saturated rings. The van der Waals surface area contributed by atoms with E-state index >= 15 is 0 Å². The summed E-state index contributed by atoms with van der Waals surface area (Å²) in [5, 5.41) is 2.35. The Kier molecular flexibility index (Phi) is 4.07. The van der Waals surface area contributed by atoms with Crippen LogP contribution in [-0.4, -0.2) is 27.6 Å². The molecule has 3 nitrogen and oxygen atoms in total. The molecule has 0 bridgehead atoms. The second kappa shape index (κ2) is 5.84. The monoisotopic (exact) mass is 309 g/mol. The molecule has 0 N–H and O–H groups in total. The summed E-state index contributed by atoms with van der Waals surface area (Å²) < 4.78 is 16.2. The van der Waals surface area contributed by atoms with Crippen LogP contribution in [0, 0.1) is 5.82 Å². The van der Waals surface area contributed by atoms with Gasteiger partial charge in [0.25, 0.3) is 0 Å². The normalized spacial score (nSPS) is 23.0. The Labute approximate surface area is 129 Å². The zero-order chi connectivity index (χ0) is 15.0. The molecule has 1 aromatic carbocycles. The van der Waals surface area contributed by atoms with Gasteiger partial charge in [-0.25, -0.2) is 14.1 Å². The van der Waals surface area contributed by atoms with Crippen LogP contribution in [0.5, 0.6) is 0 Å². The van der Waals surface area contributed by atoms with Crippen molar-refractivity contribution in [3.8, 4) is 0 Å². The smallest absolute Gasteiger partial charge is 0.151 e. The lowest BCUT2D eigenvalue weighted by Crippen LogP contribution is -2.51. The quantitative estimate of drug-likeness (QED) is 0.803. The molecule has 21 heavy (non-hydrogen) atoms. The Morgan fingerprint density at radius 3 is 2.67 bits per heavy atom. The lowest BCUT2D eigenvalue weighted by atomic mass is 10.00. The molecule has 1 saturated heterocycles. The van der Waals surface area contributed by atoms with Gasteiger partial charge < -0.3 is 5.01 Å². The number of rotatable bonds is 3. The van der Waals surface area contributed by atoms with E-state index in [4.69, 9.17) is 11.6 Å². The number of alkyl halides is 1. The Balaban J connectivity index is 2.19. The molecule has 1 aliphatic heterocycles. The molecule has 0 spiro atoms. The van der Waals surface area contributed by atoms with Crippen LogP contribution in [0.2, 0.25) is 0 Å². The molecule has 114 valence electrons. The Morgan fingerprint density at radius 1 is 1.29 bits per heavy atom. The van der Waals surface area contributed by atoms with Crippen LogP contribution in [0.15, 0.2) is 18.2 Å². The van der Waals surface area contributed by atoms with Crippen molar-refractivity contribution in [2.45, 2.75) is 51.6 Å². The number of para-hydroxylation sites is 1. The number of halogens is 2. The Hall–Kier alpha value is -1.29. The van der Waals surface area contributed by atoms with E-state index in [1.165, 1.54) is 12.5 Å². The number of nitrogens with zero attached hydrogens (tertiary/aromatic N) is 3. The molecule has 0 saturated carbocycles. The zero-order valence-corrected chi connectivity index (χ0v) is 13.3. The first-order chi connectivity index (χ1) is 10.1. The molecule has 2 unspecified atom stereocenters. The van der Waals surface area contributed by atoms with Crippen LogP contribution in [0.4, 0.5) is 4.39 Å². The topological polar surface area (TPSA) is 21.1 Å². The first kappa shape index (κ1) is 14.6. The van der Waals surface area contributed by atoms with Crippen LogP contribution in [0.25, 0.3) is 11.0 Å². The molecule has 2 aromatic rings. The fraction of sp³-hybridized carbons (Fsp3) is 0.562. The third kappa shape index (κ3) is 2.50. The minimum absolute atomic E-state index is 0.264. The first-order valence-electron chi connectivity index (χ1n) is 7.64. The fourth-order valence-electron chi connectivity index (χ4n) is 3.41. The molecule has 3 rings (SSSR count). The number of hydrogen-bond acceptors (Lipinski definition) is 2. The Morgan fingerprint density at radius 2 is 2.00 bits per heavy atom. The molecule has 2 atom stereocenters. The van der Waals surface area contributed by atoms with Crippen LogP contribution in [0.3, 0.4) is 0 Å². The van der Waals surface area contributed by atoms with E-state index in [9.17, 15) is 4.39 Å². The maximum atomic E-state index is 14.1. The average Bonchev–Trinajstić information content (AvgIpc) is 2.80. The summed E-state index contributed by atoms with van der Waals surface area (Å²) in [5.74, 6) is 1.08. The van der Waals surface area contributed by atoms with Gasteiger partial charge in [-0.15, -0.1) is 11.6 Å². The van der Waals surface area contributed by atoms with Crippen molar-refractivity contribution in [3.05, 3.63) is 29.8 Å². The summed E-state index contributed by atoms with van der Waals surface area (Å²) in [7, 11) is 0. The van der Waals surface area contributed by atoms with Gasteiger partial charge in [0.15, 0.2) is 5.82 Å². The highest BCUT2D eigenvalue weighted by Crippen LogP contribution is 2.27. The fourth-order valence-corrected chi connectivity index (χ4v) is 3.58. The van der Waals surface area contributed by atoms with Crippen molar-refractivity contribution in [3.63, 3.8) is 0 Å².